The van der Waals surface area contributed by atoms with Gasteiger partial charge in [0.05, 0.1) is 17.1 Å². The van der Waals surface area contributed by atoms with Crippen LogP contribution in [-0.2, 0) is 13.1 Å². The first-order chi connectivity index (χ1) is 13.8. The van der Waals surface area contributed by atoms with E-state index in [1.165, 1.54) is 11.1 Å². The fraction of sp³-hybridized carbons (Fsp3) is 0.190. The van der Waals surface area contributed by atoms with Crippen molar-refractivity contribution in [2.75, 3.05) is 11.9 Å². The minimum atomic E-state index is 0.0604. The molecule has 28 heavy (non-hydrogen) atoms. The maximum absolute atomic E-state index is 6.13. The van der Waals surface area contributed by atoms with Gasteiger partial charge in [0.2, 0.25) is 5.28 Å². The highest BCUT2D eigenvalue weighted by Gasteiger charge is 2.27. The third-order valence-corrected chi connectivity index (χ3v) is 5.23. The molecule has 0 fully saturated rings. The summed E-state index contributed by atoms with van der Waals surface area (Å²) in [5.41, 5.74) is 4.31. The highest BCUT2D eigenvalue weighted by Crippen LogP contribution is 2.31. The van der Waals surface area contributed by atoms with Gasteiger partial charge in [-0.05, 0) is 34.9 Å². The molecule has 0 saturated heterocycles. The van der Waals surface area contributed by atoms with Crippen LogP contribution >= 0.6 is 11.6 Å². The second-order valence-corrected chi connectivity index (χ2v) is 7.31. The Hall–Kier alpha value is -2.96. The number of aromatic amines is 1. The molecule has 0 radical (unpaired) electrons. The van der Waals surface area contributed by atoms with Crippen molar-refractivity contribution in [3.63, 3.8) is 0 Å². The molecule has 1 aliphatic heterocycles. The Morgan fingerprint density at radius 2 is 2.00 bits per heavy atom. The predicted octanol–water partition coefficient (Wildman–Crippen LogP) is 4.18. The van der Waals surface area contributed by atoms with Crippen molar-refractivity contribution in [1.82, 2.24) is 24.8 Å². The molecule has 6 nitrogen and oxygen atoms in total. The summed E-state index contributed by atoms with van der Waals surface area (Å²) in [5, 5.41) is 4.73. The number of nitrogens with one attached hydrogen (secondary N) is 2. The van der Waals surface area contributed by atoms with E-state index in [1.807, 2.05) is 30.6 Å². The average molecular weight is 391 g/mol. The second kappa shape index (κ2) is 7.22. The lowest BCUT2D eigenvalue weighted by Crippen LogP contribution is -2.37. The summed E-state index contributed by atoms with van der Waals surface area (Å²) in [4.78, 5) is 18.8. The molecule has 7 heteroatoms. The van der Waals surface area contributed by atoms with Gasteiger partial charge < -0.3 is 10.3 Å². The van der Waals surface area contributed by atoms with Crippen molar-refractivity contribution in [1.29, 1.82) is 0 Å². The zero-order valence-electron chi connectivity index (χ0n) is 15.1. The van der Waals surface area contributed by atoms with Crippen molar-refractivity contribution in [3.05, 3.63) is 83.0 Å². The zero-order chi connectivity index (χ0) is 18.9. The van der Waals surface area contributed by atoms with Crippen LogP contribution in [0.5, 0.6) is 0 Å². The van der Waals surface area contributed by atoms with E-state index in [-0.39, 0.29) is 11.3 Å². The summed E-state index contributed by atoms with van der Waals surface area (Å²) in [7, 11) is 0. The molecule has 0 spiro atoms. The number of hydrogen-bond acceptors (Lipinski definition) is 5. The lowest BCUT2D eigenvalue weighted by molar-refractivity contribution is 0.225. The van der Waals surface area contributed by atoms with Gasteiger partial charge in [-0.15, -0.1) is 0 Å². The van der Waals surface area contributed by atoms with Crippen molar-refractivity contribution >= 4 is 28.5 Å². The third kappa shape index (κ3) is 3.32. The summed E-state index contributed by atoms with van der Waals surface area (Å²) >= 11 is 6.13. The Labute approximate surface area is 167 Å². The lowest BCUT2D eigenvalue weighted by Gasteiger charge is -2.34. The smallest absolute Gasteiger partial charge is 0.226 e. The number of pyridine rings is 1. The number of rotatable bonds is 4. The van der Waals surface area contributed by atoms with Gasteiger partial charge in [-0.25, -0.2) is 4.98 Å². The van der Waals surface area contributed by atoms with Gasteiger partial charge in [-0.1, -0.05) is 36.4 Å². The Morgan fingerprint density at radius 1 is 1.11 bits per heavy atom. The van der Waals surface area contributed by atoms with Crippen LogP contribution in [0.3, 0.4) is 0 Å². The maximum atomic E-state index is 6.13. The van der Waals surface area contributed by atoms with Crippen LogP contribution in [0.15, 0.2) is 60.9 Å². The summed E-state index contributed by atoms with van der Waals surface area (Å²) in [6.07, 6.45) is 3.70. The number of anilines is 1. The fourth-order valence-corrected chi connectivity index (χ4v) is 3.98. The molecule has 1 aromatic carbocycles. The number of H-pyrrole nitrogens is 1. The molecule has 140 valence electrons. The quantitative estimate of drug-likeness (QED) is 0.512. The number of aromatic nitrogens is 4. The Balaban J connectivity index is 1.47. The van der Waals surface area contributed by atoms with Crippen molar-refractivity contribution in [2.24, 2.45) is 0 Å². The van der Waals surface area contributed by atoms with Crippen molar-refractivity contribution < 1.29 is 0 Å². The minimum absolute atomic E-state index is 0.0604. The molecule has 5 rings (SSSR count). The Kier molecular flexibility index (Phi) is 4.43. The first-order valence-corrected chi connectivity index (χ1v) is 9.61. The van der Waals surface area contributed by atoms with E-state index >= 15 is 0 Å². The van der Waals surface area contributed by atoms with E-state index in [2.05, 4.69) is 60.5 Å². The van der Waals surface area contributed by atoms with Crippen LogP contribution in [0.2, 0.25) is 5.28 Å². The van der Waals surface area contributed by atoms with Gasteiger partial charge in [-0.2, -0.15) is 4.98 Å². The number of halogens is 1. The van der Waals surface area contributed by atoms with E-state index in [0.29, 0.717) is 0 Å². The molecule has 4 aromatic rings. The molecule has 1 atom stereocenters. The predicted molar refractivity (Wildman–Crippen MR) is 110 cm³/mol. The topological polar surface area (TPSA) is 69.7 Å². The average Bonchev–Trinajstić information content (AvgIpc) is 3.17. The Morgan fingerprint density at radius 3 is 2.89 bits per heavy atom. The first kappa shape index (κ1) is 17.2. The maximum Gasteiger partial charge on any atom is 0.226 e. The monoisotopic (exact) mass is 390 g/mol. The minimum Gasteiger partial charge on any atom is -0.361 e. The summed E-state index contributed by atoms with van der Waals surface area (Å²) < 4.78 is 0. The van der Waals surface area contributed by atoms with Gasteiger partial charge in [0.1, 0.15) is 11.5 Å². The molecule has 0 aliphatic carbocycles. The van der Waals surface area contributed by atoms with Crippen LogP contribution in [0.1, 0.15) is 22.9 Å². The van der Waals surface area contributed by atoms with E-state index in [0.717, 1.165) is 42.2 Å². The highest BCUT2D eigenvalue weighted by molar-refractivity contribution is 6.28. The van der Waals surface area contributed by atoms with Crippen molar-refractivity contribution in [3.8, 4) is 0 Å². The van der Waals surface area contributed by atoms with Gasteiger partial charge in [-0.3, -0.25) is 9.88 Å². The van der Waals surface area contributed by atoms with Gasteiger partial charge in [0.15, 0.2) is 0 Å². The van der Waals surface area contributed by atoms with Gasteiger partial charge in [0, 0.05) is 32.0 Å². The molecule has 2 N–H and O–H groups in total. The lowest BCUT2D eigenvalue weighted by atomic mass is 9.99. The molecule has 0 amide bonds. The molecular formula is C21H19ClN6. The highest BCUT2D eigenvalue weighted by atomic mass is 35.5. The fourth-order valence-electron chi connectivity index (χ4n) is 3.81. The molecule has 1 aliphatic rings. The summed E-state index contributed by atoms with van der Waals surface area (Å²) in [6, 6.07) is 16.7. The largest absolute Gasteiger partial charge is 0.361 e. The molecule has 3 aromatic heterocycles. The number of hydrogen-bond donors (Lipinski definition) is 2. The van der Waals surface area contributed by atoms with Crippen LogP contribution in [0, 0.1) is 0 Å². The van der Waals surface area contributed by atoms with E-state index in [4.69, 9.17) is 11.6 Å². The number of nitrogens with zero attached hydrogens (tertiary/aromatic N) is 4. The SMILES string of the molecule is Clc1nc(NC2CN(Cc3ccccc3)Cc3ncccc32)c2cc[nH]c2n1. The van der Waals surface area contributed by atoms with E-state index in [1.54, 1.807) is 0 Å². The van der Waals surface area contributed by atoms with Crippen LogP contribution in [-0.4, -0.2) is 31.4 Å². The van der Waals surface area contributed by atoms with Crippen LogP contribution in [0.4, 0.5) is 5.82 Å². The number of fused-ring (bicyclic) bond motifs is 2. The Bertz CT molecular complexity index is 1110. The van der Waals surface area contributed by atoms with Crippen LogP contribution in [0.25, 0.3) is 11.0 Å². The molecule has 0 bridgehead atoms. The summed E-state index contributed by atoms with van der Waals surface area (Å²) in [6.45, 7) is 2.55. The second-order valence-electron chi connectivity index (χ2n) is 6.97. The van der Waals surface area contributed by atoms with E-state index in [9.17, 15) is 0 Å². The van der Waals surface area contributed by atoms with E-state index < -0.39 is 0 Å². The van der Waals surface area contributed by atoms with Crippen molar-refractivity contribution in [2.45, 2.75) is 19.1 Å². The third-order valence-electron chi connectivity index (χ3n) is 5.06. The molecular weight excluding hydrogens is 372 g/mol. The molecule has 4 heterocycles. The molecule has 0 saturated carbocycles. The molecule has 1 unspecified atom stereocenters. The normalized spacial score (nSPS) is 16.8. The zero-order valence-corrected chi connectivity index (χ0v) is 15.9. The van der Waals surface area contributed by atoms with Gasteiger partial charge in [0.25, 0.3) is 0 Å². The first-order valence-electron chi connectivity index (χ1n) is 9.23. The van der Waals surface area contributed by atoms with Crippen LogP contribution < -0.4 is 5.32 Å². The number of benzene rings is 1. The summed E-state index contributed by atoms with van der Waals surface area (Å²) in [5.74, 6) is 0.734. The van der Waals surface area contributed by atoms with Gasteiger partial charge >= 0.3 is 0 Å². The standard InChI is InChI=1S/C21H19ClN6/c22-21-26-19-16(8-10-24-19)20(27-21)25-18-13-28(11-14-5-2-1-3-6-14)12-17-15(18)7-4-9-23-17/h1-10,18H,11-13H2,(H2,24,25,26,27).